The van der Waals surface area contributed by atoms with E-state index in [0.717, 1.165) is 17.9 Å². The summed E-state index contributed by atoms with van der Waals surface area (Å²) in [4.78, 5) is 28.8. The first-order valence-corrected chi connectivity index (χ1v) is 10.7. The highest BCUT2D eigenvalue weighted by molar-refractivity contribution is 5.93. The van der Waals surface area contributed by atoms with Crippen molar-refractivity contribution in [3.8, 4) is 17.2 Å². The van der Waals surface area contributed by atoms with E-state index in [-0.39, 0.29) is 12.5 Å². The highest BCUT2D eigenvalue weighted by Crippen LogP contribution is 2.32. The quantitative estimate of drug-likeness (QED) is 0.701. The molecule has 2 amide bonds. The standard InChI is InChI=1S/C23H28N4O5/c1-30-18-6-4-17(5-7-18)26-9-10-27(19(14-26)23(24)29)15-22(28)25-16-3-8-20-21(13-16)32-12-2-11-31-20/h3-8,13,19H,2,9-12,14-15H2,1H3,(H2,24,29)(H,25,28). The van der Waals surface area contributed by atoms with E-state index in [0.29, 0.717) is 50.0 Å². The zero-order chi connectivity index (χ0) is 22.5. The summed E-state index contributed by atoms with van der Waals surface area (Å²) in [6.45, 7) is 2.87. The van der Waals surface area contributed by atoms with Crippen LogP contribution in [0.4, 0.5) is 11.4 Å². The smallest absolute Gasteiger partial charge is 0.238 e. The molecule has 170 valence electrons. The third-order valence-electron chi connectivity index (χ3n) is 5.64. The lowest BCUT2D eigenvalue weighted by molar-refractivity contribution is -0.125. The fraction of sp³-hybridized carbons (Fsp3) is 0.391. The van der Waals surface area contributed by atoms with Crippen molar-refractivity contribution in [2.24, 2.45) is 5.73 Å². The molecular weight excluding hydrogens is 412 g/mol. The highest BCUT2D eigenvalue weighted by atomic mass is 16.5. The van der Waals surface area contributed by atoms with Gasteiger partial charge in [-0.05, 0) is 36.4 Å². The van der Waals surface area contributed by atoms with Gasteiger partial charge in [-0.1, -0.05) is 0 Å². The van der Waals surface area contributed by atoms with Crippen molar-refractivity contribution in [3.63, 3.8) is 0 Å². The summed E-state index contributed by atoms with van der Waals surface area (Å²) in [7, 11) is 1.62. The fourth-order valence-electron chi connectivity index (χ4n) is 3.93. The number of carbonyl (C=O) groups excluding carboxylic acids is 2. The van der Waals surface area contributed by atoms with Gasteiger partial charge in [-0.3, -0.25) is 14.5 Å². The molecule has 2 aliphatic rings. The summed E-state index contributed by atoms with van der Waals surface area (Å²) in [5.74, 6) is 1.38. The third-order valence-corrected chi connectivity index (χ3v) is 5.64. The largest absolute Gasteiger partial charge is 0.497 e. The second-order valence-corrected chi connectivity index (χ2v) is 7.79. The van der Waals surface area contributed by atoms with Crippen LogP contribution < -0.4 is 30.2 Å². The number of piperazine rings is 1. The second-order valence-electron chi connectivity index (χ2n) is 7.79. The van der Waals surface area contributed by atoms with E-state index in [9.17, 15) is 9.59 Å². The van der Waals surface area contributed by atoms with Gasteiger partial charge in [0.1, 0.15) is 11.8 Å². The molecule has 9 nitrogen and oxygen atoms in total. The minimum atomic E-state index is -0.569. The van der Waals surface area contributed by atoms with E-state index < -0.39 is 11.9 Å². The molecular formula is C23H28N4O5. The normalized spacial score (nSPS) is 18.5. The van der Waals surface area contributed by atoms with Crippen LogP contribution in [-0.4, -0.2) is 69.3 Å². The number of ether oxygens (including phenoxy) is 3. The molecule has 0 bridgehead atoms. The SMILES string of the molecule is COc1ccc(N2CCN(CC(=O)Nc3ccc4c(c3)OCCCO4)C(C(N)=O)C2)cc1. The molecule has 2 aliphatic heterocycles. The van der Waals surface area contributed by atoms with E-state index in [1.807, 2.05) is 29.2 Å². The van der Waals surface area contributed by atoms with Crippen LogP contribution in [0, 0.1) is 0 Å². The topological polar surface area (TPSA) is 106 Å². The van der Waals surface area contributed by atoms with Crippen LogP contribution >= 0.6 is 0 Å². The average molecular weight is 441 g/mol. The molecule has 0 spiro atoms. The molecule has 0 saturated carbocycles. The number of hydrogen-bond donors (Lipinski definition) is 2. The molecule has 1 saturated heterocycles. The maximum absolute atomic E-state index is 12.7. The maximum atomic E-state index is 12.7. The Morgan fingerprint density at radius 2 is 1.84 bits per heavy atom. The van der Waals surface area contributed by atoms with Crippen LogP contribution in [0.3, 0.4) is 0 Å². The van der Waals surface area contributed by atoms with E-state index in [1.54, 1.807) is 25.3 Å². The Hall–Kier alpha value is -3.46. The number of rotatable bonds is 6. The van der Waals surface area contributed by atoms with Crippen LogP contribution in [0.25, 0.3) is 0 Å². The molecule has 1 fully saturated rings. The van der Waals surface area contributed by atoms with Gasteiger partial charge in [-0.2, -0.15) is 0 Å². The van der Waals surface area contributed by atoms with Gasteiger partial charge in [0.15, 0.2) is 11.5 Å². The number of fused-ring (bicyclic) bond motifs is 1. The average Bonchev–Trinajstić information content (AvgIpc) is 3.04. The number of nitrogens with zero attached hydrogens (tertiary/aromatic N) is 2. The lowest BCUT2D eigenvalue weighted by Crippen LogP contribution is -2.59. The number of amides is 2. The lowest BCUT2D eigenvalue weighted by atomic mass is 10.1. The molecule has 3 N–H and O–H groups in total. The fourth-order valence-corrected chi connectivity index (χ4v) is 3.93. The van der Waals surface area contributed by atoms with Crippen molar-refractivity contribution in [2.75, 3.05) is 56.7 Å². The number of carbonyl (C=O) groups is 2. The van der Waals surface area contributed by atoms with Crippen molar-refractivity contribution < 1.29 is 23.8 Å². The van der Waals surface area contributed by atoms with Crippen LogP contribution in [0.2, 0.25) is 0 Å². The molecule has 4 rings (SSSR count). The maximum Gasteiger partial charge on any atom is 0.238 e. The lowest BCUT2D eigenvalue weighted by Gasteiger charge is -2.40. The highest BCUT2D eigenvalue weighted by Gasteiger charge is 2.32. The van der Waals surface area contributed by atoms with E-state index in [2.05, 4.69) is 10.2 Å². The second kappa shape index (κ2) is 9.78. The van der Waals surface area contributed by atoms with Gasteiger partial charge in [0, 0.05) is 43.5 Å². The molecule has 2 aromatic carbocycles. The monoisotopic (exact) mass is 440 g/mol. The first kappa shape index (κ1) is 21.8. The molecule has 2 aromatic rings. The van der Waals surface area contributed by atoms with E-state index in [4.69, 9.17) is 19.9 Å². The number of anilines is 2. The van der Waals surface area contributed by atoms with Crippen LogP contribution in [-0.2, 0) is 9.59 Å². The third kappa shape index (κ3) is 5.05. The zero-order valence-electron chi connectivity index (χ0n) is 18.1. The first-order chi connectivity index (χ1) is 15.5. The molecule has 1 atom stereocenters. The Bertz CT molecular complexity index is 965. The Balaban J connectivity index is 1.38. The number of methoxy groups -OCH3 is 1. The van der Waals surface area contributed by atoms with Gasteiger partial charge in [-0.25, -0.2) is 0 Å². The van der Waals surface area contributed by atoms with Crippen molar-refractivity contribution >= 4 is 23.2 Å². The van der Waals surface area contributed by atoms with Gasteiger partial charge in [0.25, 0.3) is 0 Å². The van der Waals surface area contributed by atoms with E-state index in [1.165, 1.54) is 0 Å². The molecule has 9 heteroatoms. The Morgan fingerprint density at radius 1 is 1.09 bits per heavy atom. The molecule has 2 heterocycles. The van der Waals surface area contributed by atoms with Crippen molar-refractivity contribution in [3.05, 3.63) is 42.5 Å². The van der Waals surface area contributed by atoms with Crippen LogP contribution in [0.15, 0.2) is 42.5 Å². The minimum Gasteiger partial charge on any atom is -0.497 e. The molecule has 0 radical (unpaired) electrons. The summed E-state index contributed by atoms with van der Waals surface area (Å²) in [5.41, 5.74) is 7.27. The zero-order valence-corrected chi connectivity index (χ0v) is 18.1. The number of nitrogens with one attached hydrogen (secondary N) is 1. The summed E-state index contributed by atoms with van der Waals surface area (Å²) in [6.07, 6.45) is 0.813. The number of nitrogens with two attached hydrogens (primary N) is 1. The molecule has 1 unspecified atom stereocenters. The Kier molecular flexibility index (Phi) is 6.65. The van der Waals surface area contributed by atoms with Gasteiger partial charge < -0.3 is 30.2 Å². The summed E-state index contributed by atoms with van der Waals surface area (Å²) in [5, 5.41) is 2.88. The van der Waals surface area contributed by atoms with Crippen molar-refractivity contribution in [1.29, 1.82) is 0 Å². The Labute approximate surface area is 187 Å². The Morgan fingerprint density at radius 3 is 2.56 bits per heavy atom. The van der Waals surface area contributed by atoms with Gasteiger partial charge in [-0.15, -0.1) is 0 Å². The van der Waals surface area contributed by atoms with Crippen LogP contribution in [0.1, 0.15) is 6.42 Å². The summed E-state index contributed by atoms with van der Waals surface area (Å²) in [6, 6.07) is 12.4. The molecule has 0 aromatic heterocycles. The summed E-state index contributed by atoms with van der Waals surface area (Å²) >= 11 is 0. The van der Waals surface area contributed by atoms with Crippen molar-refractivity contribution in [2.45, 2.75) is 12.5 Å². The number of hydrogen-bond acceptors (Lipinski definition) is 7. The van der Waals surface area contributed by atoms with Crippen LogP contribution in [0.5, 0.6) is 17.2 Å². The van der Waals surface area contributed by atoms with Crippen molar-refractivity contribution in [1.82, 2.24) is 4.90 Å². The predicted molar refractivity (Wildman–Crippen MR) is 120 cm³/mol. The van der Waals surface area contributed by atoms with E-state index >= 15 is 0 Å². The van der Waals surface area contributed by atoms with Gasteiger partial charge in [0.05, 0.1) is 26.9 Å². The summed E-state index contributed by atoms with van der Waals surface area (Å²) < 4.78 is 16.5. The predicted octanol–water partition coefficient (Wildman–Crippen LogP) is 1.47. The van der Waals surface area contributed by atoms with Gasteiger partial charge >= 0.3 is 0 Å². The number of benzene rings is 2. The molecule has 0 aliphatic carbocycles. The molecule has 32 heavy (non-hydrogen) atoms. The first-order valence-electron chi connectivity index (χ1n) is 10.7. The van der Waals surface area contributed by atoms with Gasteiger partial charge in [0.2, 0.25) is 11.8 Å². The number of primary amides is 1. The minimum absolute atomic E-state index is 0.0680.